The van der Waals surface area contributed by atoms with Gasteiger partial charge in [0.05, 0.1) is 24.0 Å². The molecule has 1 fully saturated rings. The van der Waals surface area contributed by atoms with Crippen molar-refractivity contribution in [1.82, 2.24) is 0 Å². The van der Waals surface area contributed by atoms with E-state index in [0.29, 0.717) is 30.9 Å². The normalized spacial score (nSPS) is 19.2. The van der Waals surface area contributed by atoms with E-state index in [-0.39, 0.29) is 23.8 Å². The lowest BCUT2D eigenvalue weighted by molar-refractivity contribution is -0.137. The van der Waals surface area contributed by atoms with E-state index in [1.165, 1.54) is 0 Å². The second-order valence-corrected chi connectivity index (χ2v) is 7.69. The Kier molecular flexibility index (Phi) is 5.59. The van der Waals surface area contributed by atoms with Gasteiger partial charge in [0.25, 0.3) is 0 Å². The fourth-order valence-corrected chi connectivity index (χ4v) is 4.04. The number of ether oxygens (including phenoxy) is 1. The molecule has 23 heavy (non-hydrogen) atoms. The number of carboxylic acids is 1. The number of rotatable bonds is 7. The number of amides is 1. The molecule has 0 bridgehead atoms. The topological polar surface area (TPSA) is 110 Å². The van der Waals surface area contributed by atoms with Gasteiger partial charge in [-0.25, -0.2) is 8.42 Å². The summed E-state index contributed by atoms with van der Waals surface area (Å²) in [6.07, 6.45) is 0.835. The van der Waals surface area contributed by atoms with Crippen LogP contribution in [0.5, 0.6) is 5.75 Å². The third kappa shape index (κ3) is 5.55. The highest BCUT2D eigenvalue weighted by Crippen LogP contribution is 2.21. The third-order valence-corrected chi connectivity index (χ3v) is 5.30. The van der Waals surface area contributed by atoms with Crippen LogP contribution < -0.4 is 10.1 Å². The van der Waals surface area contributed by atoms with Gasteiger partial charge in [-0.1, -0.05) is 0 Å². The molecule has 1 aromatic rings. The first-order chi connectivity index (χ1) is 10.9. The summed E-state index contributed by atoms with van der Waals surface area (Å²) in [6.45, 7) is 0.304. The van der Waals surface area contributed by atoms with Crippen LogP contribution in [0, 0.1) is 5.92 Å². The Morgan fingerprint density at radius 2 is 1.96 bits per heavy atom. The van der Waals surface area contributed by atoms with Gasteiger partial charge in [0.1, 0.15) is 5.75 Å². The molecule has 126 valence electrons. The number of hydrogen-bond donors (Lipinski definition) is 2. The number of anilines is 1. The SMILES string of the molecule is O=C(O)CCCOc1ccc(NC(=O)C2CCS(=O)(=O)C2)cc1. The Bertz CT molecular complexity index is 668. The molecule has 1 heterocycles. The minimum atomic E-state index is -3.08. The van der Waals surface area contributed by atoms with Crippen LogP contribution in [0.1, 0.15) is 19.3 Å². The highest BCUT2D eigenvalue weighted by molar-refractivity contribution is 7.91. The van der Waals surface area contributed by atoms with Crippen LogP contribution in [-0.4, -0.2) is 43.5 Å². The van der Waals surface area contributed by atoms with Gasteiger partial charge in [-0.2, -0.15) is 0 Å². The van der Waals surface area contributed by atoms with Crippen molar-refractivity contribution in [2.45, 2.75) is 19.3 Å². The largest absolute Gasteiger partial charge is 0.494 e. The second kappa shape index (κ2) is 7.45. The van der Waals surface area contributed by atoms with Crippen molar-refractivity contribution in [1.29, 1.82) is 0 Å². The quantitative estimate of drug-likeness (QED) is 0.724. The maximum Gasteiger partial charge on any atom is 0.303 e. The molecule has 0 spiro atoms. The van der Waals surface area contributed by atoms with Crippen molar-refractivity contribution < 1.29 is 27.9 Å². The Labute approximate surface area is 134 Å². The second-order valence-electron chi connectivity index (χ2n) is 5.46. The van der Waals surface area contributed by atoms with Gasteiger partial charge in [-0.15, -0.1) is 0 Å². The number of sulfone groups is 1. The van der Waals surface area contributed by atoms with Crippen molar-refractivity contribution in [2.24, 2.45) is 5.92 Å². The maximum atomic E-state index is 12.0. The van der Waals surface area contributed by atoms with Gasteiger partial charge in [0.2, 0.25) is 5.91 Å². The number of hydrogen-bond acceptors (Lipinski definition) is 5. The number of nitrogens with one attached hydrogen (secondary N) is 1. The molecule has 7 nitrogen and oxygen atoms in total. The lowest BCUT2D eigenvalue weighted by Crippen LogP contribution is -2.23. The highest BCUT2D eigenvalue weighted by atomic mass is 32.2. The van der Waals surface area contributed by atoms with Gasteiger partial charge in [0.15, 0.2) is 9.84 Å². The van der Waals surface area contributed by atoms with Gasteiger partial charge in [0, 0.05) is 12.1 Å². The number of carbonyl (C=O) groups is 2. The zero-order valence-electron chi connectivity index (χ0n) is 12.5. The molecule has 0 saturated carbocycles. The van der Waals surface area contributed by atoms with E-state index in [9.17, 15) is 18.0 Å². The average molecular weight is 341 g/mol. The minimum absolute atomic E-state index is 0.0540. The van der Waals surface area contributed by atoms with E-state index in [2.05, 4.69) is 5.32 Å². The first kappa shape index (κ1) is 17.3. The summed E-state index contributed by atoms with van der Waals surface area (Å²) >= 11 is 0. The van der Waals surface area contributed by atoms with Crippen LogP contribution in [0.2, 0.25) is 0 Å². The van der Waals surface area contributed by atoms with Crippen molar-refractivity contribution in [3.05, 3.63) is 24.3 Å². The lowest BCUT2D eigenvalue weighted by Gasteiger charge is -2.10. The Morgan fingerprint density at radius 1 is 1.26 bits per heavy atom. The molecule has 1 unspecified atom stereocenters. The van der Waals surface area contributed by atoms with Gasteiger partial charge in [-0.05, 0) is 37.1 Å². The van der Waals surface area contributed by atoms with Crippen molar-refractivity contribution >= 4 is 27.4 Å². The van der Waals surface area contributed by atoms with E-state index in [1.807, 2.05) is 0 Å². The fraction of sp³-hybridized carbons (Fsp3) is 0.467. The van der Waals surface area contributed by atoms with E-state index in [0.717, 1.165) is 0 Å². The minimum Gasteiger partial charge on any atom is -0.494 e. The molecule has 0 aliphatic carbocycles. The zero-order chi connectivity index (χ0) is 16.9. The molecular formula is C15H19NO6S. The molecule has 2 N–H and O–H groups in total. The molecule has 8 heteroatoms. The average Bonchev–Trinajstić information content (AvgIpc) is 2.85. The molecule has 1 atom stereocenters. The first-order valence-corrected chi connectivity index (χ1v) is 9.14. The van der Waals surface area contributed by atoms with E-state index >= 15 is 0 Å². The summed E-state index contributed by atoms with van der Waals surface area (Å²) in [4.78, 5) is 22.4. The molecule has 1 aliphatic rings. The Balaban J connectivity index is 1.80. The molecule has 1 aliphatic heterocycles. The van der Waals surface area contributed by atoms with Gasteiger partial charge >= 0.3 is 5.97 Å². The van der Waals surface area contributed by atoms with Crippen molar-refractivity contribution in [3.63, 3.8) is 0 Å². The van der Waals surface area contributed by atoms with Gasteiger partial charge < -0.3 is 15.2 Å². The maximum absolute atomic E-state index is 12.0. The summed E-state index contributed by atoms with van der Waals surface area (Å²) in [5, 5.41) is 11.2. The van der Waals surface area contributed by atoms with E-state index in [4.69, 9.17) is 9.84 Å². The summed E-state index contributed by atoms with van der Waals surface area (Å²) in [5.41, 5.74) is 0.567. The van der Waals surface area contributed by atoms with Crippen LogP contribution in [0.3, 0.4) is 0 Å². The number of carbonyl (C=O) groups excluding carboxylic acids is 1. The summed E-state index contributed by atoms with van der Waals surface area (Å²) < 4.78 is 28.1. The molecular weight excluding hydrogens is 322 g/mol. The zero-order valence-corrected chi connectivity index (χ0v) is 13.3. The Morgan fingerprint density at radius 3 is 2.52 bits per heavy atom. The standard InChI is InChI=1S/C15H19NO6S/c17-14(18)2-1-8-22-13-5-3-12(4-6-13)16-15(19)11-7-9-23(20,21)10-11/h3-6,11H,1-2,7-10H2,(H,16,19)(H,17,18). The Hall–Kier alpha value is -2.09. The molecule has 1 aromatic carbocycles. The third-order valence-electron chi connectivity index (χ3n) is 3.53. The predicted octanol–water partition coefficient (Wildman–Crippen LogP) is 1.30. The summed E-state index contributed by atoms with van der Waals surface area (Å²) in [5.74, 6) is -1.09. The van der Waals surface area contributed by atoms with Crippen molar-refractivity contribution in [2.75, 3.05) is 23.4 Å². The smallest absolute Gasteiger partial charge is 0.303 e. The van der Waals surface area contributed by atoms with Crippen LogP contribution in [0.4, 0.5) is 5.69 Å². The molecule has 2 rings (SSSR count). The fourth-order valence-electron chi connectivity index (χ4n) is 2.29. The molecule has 1 amide bonds. The molecule has 0 radical (unpaired) electrons. The summed E-state index contributed by atoms with van der Waals surface area (Å²) in [7, 11) is -3.08. The van der Waals surface area contributed by atoms with Crippen LogP contribution >= 0.6 is 0 Å². The number of carboxylic acid groups (broad SMARTS) is 1. The van der Waals surface area contributed by atoms with Gasteiger partial charge in [-0.3, -0.25) is 9.59 Å². The summed E-state index contributed by atoms with van der Waals surface area (Å²) in [6, 6.07) is 6.66. The monoisotopic (exact) mass is 341 g/mol. The van der Waals surface area contributed by atoms with E-state index < -0.39 is 21.7 Å². The number of benzene rings is 1. The van der Waals surface area contributed by atoms with E-state index in [1.54, 1.807) is 24.3 Å². The number of aliphatic carboxylic acids is 1. The van der Waals surface area contributed by atoms with Crippen molar-refractivity contribution in [3.8, 4) is 5.75 Å². The van der Waals surface area contributed by atoms with Crippen LogP contribution in [0.15, 0.2) is 24.3 Å². The molecule has 1 saturated heterocycles. The molecule has 0 aromatic heterocycles. The predicted molar refractivity (Wildman–Crippen MR) is 84.2 cm³/mol. The van der Waals surface area contributed by atoms with Crippen LogP contribution in [-0.2, 0) is 19.4 Å². The first-order valence-electron chi connectivity index (χ1n) is 7.32. The highest BCUT2D eigenvalue weighted by Gasteiger charge is 2.32. The lowest BCUT2D eigenvalue weighted by atomic mass is 10.1. The van der Waals surface area contributed by atoms with Crippen LogP contribution in [0.25, 0.3) is 0 Å².